The van der Waals surface area contributed by atoms with Crippen LogP contribution in [0.4, 0.5) is 0 Å². The SMILES string of the molecule is O=C(NCc1ccnc(-c2cccs2)c1)c1ccc(-c2cccc(Cl)c2)cc1. The van der Waals surface area contributed by atoms with Crippen LogP contribution in [-0.2, 0) is 6.54 Å². The number of aromatic nitrogens is 1. The zero-order valence-electron chi connectivity index (χ0n) is 14.9. The number of pyridine rings is 1. The summed E-state index contributed by atoms with van der Waals surface area (Å²) in [5.41, 5.74) is 4.61. The summed E-state index contributed by atoms with van der Waals surface area (Å²) < 4.78 is 0. The molecule has 0 atom stereocenters. The lowest BCUT2D eigenvalue weighted by Gasteiger charge is -2.08. The second-order valence-electron chi connectivity index (χ2n) is 6.30. The molecule has 0 radical (unpaired) electrons. The molecule has 3 nitrogen and oxygen atoms in total. The van der Waals surface area contributed by atoms with Gasteiger partial charge in [-0.05, 0) is 64.5 Å². The molecule has 4 rings (SSSR count). The summed E-state index contributed by atoms with van der Waals surface area (Å²) in [6.45, 7) is 0.454. The van der Waals surface area contributed by atoms with Crippen molar-refractivity contribution in [3.63, 3.8) is 0 Å². The highest BCUT2D eigenvalue weighted by Gasteiger charge is 2.07. The molecule has 2 aromatic heterocycles. The number of hydrogen-bond acceptors (Lipinski definition) is 3. The lowest BCUT2D eigenvalue weighted by atomic mass is 10.0. The molecule has 0 aliphatic heterocycles. The zero-order valence-corrected chi connectivity index (χ0v) is 16.5. The van der Waals surface area contributed by atoms with Gasteiger partial charge in [0.05, 0.1) is 10.6 Å². The minimum atomic E-state index is -0.105. The Morgan fingerprint density at radius 1 is 0.964 bits per heavy atom. The summed E-state index contributed by atoms with van der Waals surface area (Å²) in [4.78, 5) is 18.0. The predicted octanol–water partition coefficient (Wildman–Crippen LogP) is 6.06. The Hall–Kier alpha value is -2.95. The van der Waals surface area contributed by atoms with E-state index in [4.69, 9.17) is 11.6 Å². The number of thiophene rings is 1. The van der Waals surface area contributed by atoms with Gasteiger partial charge in [0.15, 0.2) is 0 Å². The molecule has 28 heavy (non-hydrogen) atoms. The van der Waals surface area contributed by atoms with E-state index in [-0.39, 0.29) is 5.91 Å². The van der Waals surface area contributed by atoms with Gasteiger partial charge in [-0.1, -0.05) is 41.9 Å². The van der Waals surface area contributed by atoms with E-state index in [9.17, 15) is 4.79 Å². The molecule has 1 N–H and O–H groups in total. The largest absolute Gasteiger partial charge is 0.348 e. The number of halogens is 1. The second kappa shape index (κ2) is 8.38. The highest BCUT2D eigenvalue weighted by atomic mass is 35.5. The number of amides is 1. The molecule has 5 heteroatoms. The molecule has 138 valence electrons. The molecule has 4 aromatic rings. The Labute approximate surface area is 172 Å². The lowest BCUT2D eigenvalue weighted by molar-refractivity contribution is 0.0951. The van der Waals surface area contributed by atoms with Crippen LogP contribution in [0, 0.1) is 0 Å². The van der Waals surface area contributed by atoms with Crippen LogP contribution in [0.2, 0.25) is 5.02 Å². The Morgan fingerprint density at radius 3 is 2.57 bits per heavy atom. The average Bonchev–Trinajstić information content (AvgIpc) is 3.27. The number of nitrogens with zero attached hydrogens (tertiary/aromatic N) is 1. The summed E-state index contributed by atoms with van der Waals surface area (Å²) in [6, 6.07) is 23.1. The number of benzene rings is 2. The van der Waals surface area contributed by atoms with Gasteiger partial charge in [-0.3, -0.25) is 9.78 Å². The maximum Gasteiger partial charge on any atom is 0.251 e. The van der Waals surface area contributed by atoms with Gasteiger partial charge in [0, 0.05) is 23.3 Å². The van der Waals surface area contributed by atoms with Crippen molar-refractivity contribution in [1.29, 1.82) is 0 Å². The number of hydrogen-bond donors (Lipinski definition) is 1. The van der Waals surface area contributed by atoms with E-state index in [0.717, 1.165) is 27.3 Å². The maximum atomic E-state index is 12.5. The van der Waals surface area contributed by atoms with E-state index >= 15 is 0 Å². The molecule has 0 bridgehead atoms. The third-order valence-electron chi connectivity index (χ3n) is 4.36. The van der Waals surface area contributed by atoms with Crippen molar-refractivity contribution in [1.82, 2.24) is 10.3 Å². The molecule has 0 saturated heterocycles. The summed E-state index contributed by atoms with van der Waals surface area (Å²) in [5, 5.41) is 5.69. The van der Waals surface area contributed by atoms with Crippen LogP contribution in [-0.4, -0.2) is 10.9 Å². The third-order valence-corrected chi connectivity index (χ3v) is 5.48. The fourth-order valence-electron chi connectivity index (χ4n) is 2.91. The van der Waals surface area contributed by atoms with Crippen molar-refractivity contribution < 1.29 is 4.79 Å². The quantitative estimate of drug-likeness (QED) is 0.439. The molecule has 2 aromatic carbocycles. The lowest BCUT2D eigenvalue weighted by Crippen LogP contribution is -2.22. The Bertz CT molecular complexity index is 1090. The standard InChI is InChI=1S/C23H17ClN2OS/c24-20-4-1-3-19(14-20)17-6-8-18(9-7-17)23(27)26-15-16-10-11-25-21(13-16)22-5-2-12-28-22/h1-14H,15H2,(H,26,27). The van der Waals surface area contributed by atoms with Crippen molar-refractivity contribution >= 4 is 28.8 Å². The van der Waals surface area contributed by atoms with E-state index in [0.29, 0.717) is 17.1 Å². The van der Waals surface area contributed by atoms with Crippen LogP contribution >= 0.6 is 22.9 Å². The highest BCUT2D eigenvalue weighted by molar-refractivity contribution is 7.13. The summed E-state index contributed by atoms with van der Waals surface area (Å²) >= 11 is 7.70. The van der Waals surface area contributed by atoms with Crippen LogP contribution in [0.15, 0.2) is 84.4 Å². The Kier molecular flexibility index (Phi) is 5.51. The first-order valence-corrected chi connectivity index (χ1v) is 10.1. The Morgan fingerprint density at radius 2 is 1.82 bits per heavy atom. The molecule has 0 aliphatic carbocycles. The minimum absolute atomic E-state index is 0.105. The van der Waals surface area contributed by atoms with Gasteiger partial charge >= 0.3 is 0 Å². The van der Waals surface area contributed by atoms with Crippen LogP contribution in [0.5, 0.6) is 0 Å². The molecular formula is C23H17ClN2OS. The van der Waals surface area contributed by atoms with Crippen molar-refractivity contribution in [3.8, 4) is 21.7 Å². The molecule has 0 spiro atoms. The highest BCUT2D eigenvalue weighted by Crippen LogP contribution is 2.24. The average molecular weight is 405 g/mol. The van der Waals surface area contributed by atoms with Crippen molar-refractivity contribution in [2.45, 2.75) is 6.54 Å². The van der Waals surface area contributed by atoms with Gasteiger partial charge in [-0.2, -0.15) is 0 Å². The van der Waals surface area contributed by atoms with E-state index in [1.54, 1.807) is 17.5 Å². The van der Waals surface area contributed by atoms with Gasteiger partial charge in [-0.25, -0.2) is 0 Å². The molecule has 0 aliphatic rings. The van der Waals surface area contributed by atoms with Crippen LogP contribution in [0.25, 0.3) is 21.7 Å². The van der Waals surface area contributed by atoms with E-state index in [1.165, 1.54) is 0 Å². The number of carbonyl (C=O) groups is 1. The fraction of sp³-hybridized carbons (Fsp3) is 0.0435. The van der Waals surface area contributed by atoms with Gasteiger partial charge in [0.25, 0.3) is 5.91 Å². The fourth-order valence-corrected chi connectivity index (χ4v) is 3.79. The van der Waals surface area contributed by atoms with E-state index in [2.05, 4.69) is 10.3 Å². The smallest absolute Gasteiger partial charge is 0.251 e. The summed E-state index contributed by atoms with van der Waals surface area (Å²) in [7, 11) is 0. The molecular weight excluding hydrogens is 388 g/mol. The number of rotatable bonds is 5. The molecule has 2 heterocycles. The maximum absolute atomic E-state index is 12.5. The third kappa shape index (κ3) is 4.30. The molecule has 0 unspecified atom stereocenters. The first kappa shape index (κ1) is 18.4. The van der Waals surface area contributed by atoms with Crippen molar-refractivity contribution in [2.75, 3.05) is 0 Å². The zero-order chi connectivity index (χ0) is 19.3. The molecule has 1 amide bonds. The van der Waals surface area contributed by atoms with Gasteiger partial charge < -0.3 is 5.32 Å². The predicted molar refractivity (Wildman–Crippen MR) is 116 cm³/mol. The van der Waals surface area contributed by atoms with E-state index in [1.807, 2.05) is 78.2 Å². The summed E-state index contributed by atoms with van der Waals surface area (Å²) in [5.74, 6) is -0.105. The first-order chi connectivity index (χ1) is 13.7. The van der Waals surface area contributed by atoms with Gasteiger partial charge in [0.1, 0.15) is 0 Å². The van der Waals surface area contributed by atoms with Crippen molar-refractivity contribution in [3.05, 3.63) is 101 Å². The van der Waals surface area contributed by atoms with E-state index < -0.39 is 0 Å². The topological polar surface area (TPSA) is 42.0 Å². The van der Waals surface area contributed by atoms with Gasteiger partial charge in [-0.15, -0.1) is 11.3 Å². The van der Waals surface area contributed by atoms with Gasteiger partial charge in [0.2, 0.25) is 0 Å². The monoisotopic (exact) mass is 404 g/mol. The van der Waals surface area contributed by atoms with Crippen LogP contribution in [0.3, 0.4) is 0 Å². The van der Waals surface area contributed by atoms with Crippen molar-refractivity contribution in [2.24, 2.45) is 0 Å². The minimum Gasteiger partial charge on any atom is -0.348 e. The normalized spacial score (nSPS) is 10.6. The van der Waals surface area contributed by atoms with Crippen LogP contribution in [0.1, 0.15) is 15.9 Å². The first-order valence-electron chi connectivity index (χ1n) is 8.82. The molecule has 0 saturated carbocycles. The number of nitrogens with one attached hydrogen (secondary N) is 1. The second-order valence-corrected chi connectivity index (χ2v) is 7.68. The summed E-state index contributed by atoms with van der Waals surface area (Å²) in [6.07, 6.45) is 1.77. The Balaban J connectivity index is 1.42. The number of carbonyl (C=O) groups excluding carboxylic acids is 1. The van der Waals surface area contributed by atoms with Crippen LogP contribution < -0.4 is 5.32 Å². The molecule has 0 fully saturated rings.